The molecule has 0 radical (unpaired) electrons. The molecule has 6 heteroatoms. The topological polar surface area (TPSA) is 78.9 Å². The van der Waals surface area contributed by atoms with Gasteiger partial charge in [-0.3, -0.25) is 14.4 Å². The van der Waals surface area contributed by atoms with Crippen LogP contribution in [0.15, 0.2) is 122 Å². The first-order valence-corrected chi connectivity index (χ1v) is 28.0. The first-order valence-electron chi connectivity index (χ1n) is 28.0. The summed E-state index contributed by atoms with van der Waals surface area (Å²) < 4.78 is 16.7. The molecule has 0 saturated carbocycles. The fourth-order valence-electron chi connectivity index (χ4n) is 7.34. The van der Waals surface area contributed by atoms with Crippen LogP contribution in [0.3, 0.4) is 0 Å². The lowest BCUT2D eigenvalue weighted by atomic mass is 10.1. The van der Waals surface area contributed by atoms with E-state index in [1.54, 1.807) is 0 Å². The fourth-order valence-corrected chi connectivity index (χ4v) is 7.34. The molecule has 0 fully saturated rings. The van der Waals surface area contributed by atoms with E-state index in [1.807, 2.05) is 12.2 Å². The second-order valence-corrected chi connectivity index (χ2v) is 18.1. The molecule has 0 spiro atoms. The van der Waals surface area contributed by atoms with Gasteiger partial charge in [-0.25, -0.2) is 0 Å². The predicted molar refractivity (Wildman–Crippen MR) is 297 cm³/mol. The molecule has 0 aliphatic heterocycles. The lowest BCUT2D eigenvalue weighted by molar-refractivity contribution is -0.166. The van der Waals surface area contributed by atoms with E-state index in [9.17, 15) is 14.4 Å². The van der Waals surface area contributed by atoms with Gasteiger partial charge in [0.25, 0.3) is 0 Å². The zero-order valence-corrected chi connectivity index (χ0v) is 44.5. The van der Waals surface area contributed by atoms with E-state index < -0.39 is 12.1 Å². The van der Waals surface area contributed by atoms with Gasteiger partial charge in [-0.05, 0) is 96.3 Å². The Balaban J connectivity index is 4.24. The SMILES string of the molecule is CC/C=C\C/C=C\C/C=C\C/C=C\C/C=C\C/C=C\CCCCCCCCCCCCC(=O)OCC(COC(=O)CCCCCCCCCCC)OC(=O)CC/C=C\C/C=C\C/C=C\C/C=C\CC. The monoisotopic (exact) mass is 955 g/mol. The van der Waals surface area contributed by atoms with Crippen molar-refractivity contribution in [2.75, 3.05) is 13.2 Å². The van der Waals surface area contributed by atoms with Gasteiger partial charge in [0.1, 0.15) is 13.2 Å². The van der Waals surface area contributed by atoms with Crippen LogP contribution < -0.4 is 0 Å². The Bertz CT molecular complexity index is 1470. The van der Waals surface area contributed by atoms with Crippen molar-refractivity contribution >= 4 is 17.9 Å². The Morgan fingerprint density at radius 1 is 0.304 bits per heavy atom. The van der Waals surface area contributed by atoms with E-state index in [2.05, 4.69) is 130 Å². The van der Waals surface area contributed by atoms with Crippen LogP contribution in [-0.4, -0.2) is 37.2 Å². The Morgan fingerprint density at radius 3 is 0.942 bits per heavy atom. The molecule has 0 aromatic heterocycles. The lowest BCUT2D eigenvalue weighted by Crippen LogP contribution is -2.30. The van der Waals surface area contributed by atoms with Gasteiger partial charge < -0.3 is 14.2 Å². The zero-order valence-electron chi connectivity index (χ0n) is 44.5. The first-order chi connectivity index (χ1) is 34.0. The van der Waals surface area contributed by atoms with Gasteiger partial charge in [-0.15, -0.1) is 0 Å². The Hall–Kier alpha value is -4.19. The third kappa shape index (κ3) is 54.6. The molecular formula is C63H102O6. The largest absolute Gasteiger partial charge is 0.462 e. The van der Waals surface area contributed by atoms with Crippen LogP contribution in [0.25, 0.3) is 0 Å². The highest BCUT2D eigenvalue weighted by Gasteiger charge is 2.19. The summed E-state index contributed by atoms with van der Waals surface area (Å²) in [6.07, 6.45) is 77.9. The molecule has 0 bridgehead atoms. The molecule has 69 heavy (non-hydrogen) atoms. The molecular weight excluding hydrogens is 853 g/mol. The second kappa shape index (κ2) is 56.4. The van der Waals surface area contributed by atoms with Gasteiger partial charge >= 0.3 is 17.9 Å². The summed E-state index contributed by atoms with van der Waals surface area (Å²) in [6, 6.07) is 0. The summed E-state index contributed by atoms with van der Waals surface area (Å²) in [5, 5.41) is 0. The molecule has 0 amide bonds. The number of carbonyl (C=O) groups excluding carboxylic acids is 3. The lowest BCUT2D eigenvalue weighted by Gasteiger charge is -2.18. The van der Waals surface area contributed by atoms with E-state index in [0.29, 0.717) is 19.3 Å². The quantitative estimate of drug-likeness (QED) is 0.0262. The highest BCUT2D eigenvalue weighted by Crippen LogP contribution is 2.14. The zero-order chi connectivity index (χ0) is 50.0. The maximum Gasteiger partial charge on any atom is 0.306 e. The van der Waals surface area contributed by atoms with Crippen LogP contribution in [0, 0.1) is 0 Å². The van der Waals surface area contributed by atoms with Gasteiger partial charge in [0.15, 0.2) is 6.10 Å². The summed E-state index contributed by atoms with van der Waals surface area (Å²) in [4.78, 5) is 37.9. The smallest absolute Gasteiger partial charge is 0.306 e. The van der Waals surface area contributed by atoms with Crippen molar-refractivity contribution in [3.63, 3.8) is 0 Å². The van der Waals surface area contributed by atoms with E-state index in [4.69, 9.17) is 14.2 Å². The average molecular weight is 956 g/mol. The molecule has 1 atom stereocenters. The van der Waals surface area contributed by atoms with Gasteiger partial charge in [0.05, 0.1) is 0 Å². The van der Waals surface area contributed by atoms with Crippen molar-refractivity contribution in [1.29, 1.82) is 0 Å². The molecule has 0 rings (SSSR count). The molecule has 0 aromatic carbocycles. The van der Waals surface area contributed by atoms with Crippen molar-refractivity contribution in [3.8, 4) is 0 Å². The summed E-state index contributed by atoms with van der Waals surface area (Å²) in [5.74, 6) is -1.00. The maximum atomic E-state index is 12.7. The number of allylic oxidation sites excluding steroid dienone is 20. The van der Waals surface area contributed by atoms with Crippen LogP contribution in [0.4, 0.5) is 0 Å². The minimum absolute atomic E-state index is 0.108. The standard InChI is InChI=1S/C63H102O6/c1-4-7-10-13-16-19-21-23-24-25-26-27-28-29-30-31-32-33-34-35-36-37-38-40-41-44-47-50-53-56-62(65)68-59-60(58-67-61(64)55-52-49-46-43-18-15-12-9-6-3)69-63(66)57-54-51-48-45-42-39-22-20-17-14-11-8-5-2/h7-8,10-11,16-17,19-20,23-24,26-27,29-30,32-33,39,42,48,51,60H,4-6,9,12-15,18,21-22,25,28,31,34-38,40-41,43-47,49-50,52-59H2,1-3H3/b10-7-,11-8-,19-16-,20-17-,24-23-,27-26-,30-29-,33-32-,42-39-,51-48-. The number of esters is 3. The molecule has 0 N–H and O–H groups in total. The third-order valence-corrected chi connectivity index (χ3v) is 11.5. The minimum Gasteiger partial charge on any atom is -0.462 e. The number of hydrogen-bond acceptors (Lipinski definition) is 6. The molecule has 1 unspecified atom stereocenters. The van der Waals surface area contributed by atoms with Gasteiger partial charge in [-0.1, -0.05) is 245 Å². The summed E-state index contributed by atoms with van der Waals surface area (Å²) in [5.41, 5.74) is 0. The molecule has 0 aromatic rings. The van der Waals surface area contributed by atoms with Gasteiger partial charge in [0.2, 0.25) is 0 Å². The van der Waals surface area contributed by atoms with E-state index in [1.165, 1.54) is 89.9 Å². The second-order valence-electron chi connectivity index (χ2n) is 18.1. The number of rotatable bonds is 49. The summed E-state index contributed by atoms with van der Waals surface area (Å²) >= 11 is 0. The molecule has 390 valence electrons. The van der Waals surface area contributed by atoms with Crippen molar-refractivity contribution in [3.05, 3.63) is 122 Å². The van der Waals surface area contributed by atoms with Gasteiger partial charge in [0, 0.05) is 19.3 Å². The van der Waals surface area contributed by atoms with Crippen LogP contribution >= 0.6 is 0 Å². The van der Waals surface area contributed by atoms with Crippen LogP contribution in [0.1, 0.15) is 239 Å². The number of unbranched alkanes of at least 4 members (excludes halogenated alkanes) is 18. The Kier molecular flexibility index (Phi) is 53.0. The van der Waals surface area contributed by atoms with Crippen molar-refractivity contribution in [2.24, 2.45) is 0 Å². The number of ether oxygens (including phenoxy) is 3. The summed E-state index contributed by atoms with van der Waals surface area (Å²) in [7, 11) is 0. The predicted octanol–water partition coefficient (Wildman–Crippen LogP) is 18.9. The average Bonchev–Trinajstić information content (AvgIpc) is 3.35. The van der Waals surface area contributed by atoms with Crippen LogP contribution in [0.2, 0.25) is 0 Å². The fraction of sp³-hybridized carbons (Fsp3) is 0.635. The van der Waals surface area contributed by atoms with Crippen LogP contribution in [-0.2, 0) is 28.6 Å². The van der Waals surface area contributed by atoms with Crippen LogP contribution in [0.5, 0.6) is 0 Å². The maximum absolute atomic E-state index is 12.7. The number of carbonyl (C=O) groups is 3. The summed E-state index contributed by atoms with van der Waals surface area (Å²) in [6.45, 7) is 6.31. The third-order valence-electron chi connectivity index (χ3n) is 11.5. The van der Waals surface area contributed by atoms with E-state index >= 15 is 0 Å². The van der Waals surface area contributed by atoms with E-state index in [-0.39, 0.29) is 31.6 Å². The molecule has 0 saturated heterocycles. The van der Waals surface area contributed by atoms with Crippen molar-refractivity contribution < 1.29 is 28.6 Å². The molecule has 0 aliphatic rings. The Morgan fingerprint density at radius 2 is 0.594 bits per heavy atom. The molecule has 6 nitrogen and oxygen atoms in total. The van der Waals surface area contributed by atoms with Crippen molar-refractivity contribution in [2.45, 2.75) is 245 Å². The van der Waals surface area contributed by atoms with Crippen molar-refractivity contribution in [1.82, 2.24) is 0 Å². The normalized spacial score (nSPS) is 13.0. The van der Waals surface area contributed by atoms with E-state index in [0.717, 1.165) is 103 Å². The minimum atomic E-state index is -0.817. The highest BCUT2D eigenvalue weighted by molar-refractivity contribution is 5.71. The van der Waals surface area contributed by atoms with Gasteiger partial charge in [-0.2, -0.15) is 0 Å². The Labute approximate surface area is 424 Å². The molecule has 0 heterocycles. The first kappa shape index (κ1) is 64.8. The highest BCUT2D eigenvalue weighted by atomic mass is 16.6. The molecule has 0 aliphatic carbocycles. The number of hydrogen-bond donors (Lipinski definition) is 0.